The number of anilines is 2. The fourth-order valence-corrected chi connectivity index (χ4v) is 3.36. The molecule has 0 saturated heterocycles. The summed E-state index contributed by atoms with van der Waals surface area (Å²) < 4.78 is 2.19. The van der Waals surface area contributed by atoms with E-state index in [1.165, 1.54) is 16.7 Å². The van der Waals surface area contributed by atoms with E-state index in [0.29, 0.717) is 0 Å². The Hall–Kier alpha value is -3.10. The Kier molecular flexibility index (Phi) is 5.41. The SMILES string of the molecule is CN(c1ccc(Cl)cc1)c1cc[n+](Cc2ccc(-c3ccccc3)cc2)cc1. The average molecular weight is 386 g/mol. The predicted octanol–water partition coefficient (Wildman–Crippen LogP) is 6.11. The van der Waals surface area contributed by atoms with Crippen LogP contribution in [0.15, 0.2) is 103 Å². The van der Waals surface area contributed by atoms with Gasteiger partial charge in [0.1, 0.15) is 0 Å². The molecule has 0 atom stereocenters. The Bertz CT molecular complexity index is 1020. The van der Waals surface area contributed by atoms with Crippen molar-refractivity contribution in [1.82, 2.24) is 0 Å². The molecule has 0 spiro atoms. The van der Waals surface area contributed by atoms with Crippen molar-refractivity contribution in [3.63, 3.8) is 0 Å². The third-order valence-electron chi connectivity index (χ3n) is 4.90. The maximum atomic E-state index is 5.98. The molecule has 28 heavy (non-hydrogen) atoms. The lowest BCUT2D eigenvalue weighted by Crippen LogP contribution is -2.33. The summed E-state index contributed by atoms with van der Waals surface area (Å²) >= 11 is 5.98. The Morgan fingerprint density at radius 3 is 1.89 bits per heavy atom. The second kappa shape index (κ2) is 8.28. The van der Waals surface area contributed by atoms with Crippen LogP contribution in [0, 0.1) is 0 Å². The van der Waals surface area contributed by atoms with Crippen LogP contribution in [0.4, 0.5) is 11.4 Å². The highest BCUT2D eigenvalue weighted by Crippen LogP contribution is 2.24. The summed E-state index contributed by atoms with van der Waals surface area (Å²) in [4.78, 5) is 2.15. The minimum absolute atomic E-state index is 0.751. The van der Waals surface area contributed by atoms with Gasteiger partial charge in [-0.25, -0.2) is 4.57 Å². The van der Waals surface area contributed by atoms with E-state index in [0.717, 1.165) is 22.9 Å². The summed E-state index contributed by atoms with van der Waals surface area (Å²) in [6.07, 6.45) is 4.24. The van der Waals surface area contributed by atoms with Crippen LogP contribution in [0.2, 0.25) is 5.02 Å². The molecule has 0 aliphatic carbocycles. The largest absolute Gasteiger partial charge is 0.344 e. The lowest BCUT2D eigenvalue weighted by atomic mass is 10.0. The van der Waals surface area contributed by atoms with E-state index >= 15 is 0 Å². The molecule has 2 nitrogen and oxygen atoms in total. The van der Waals surface area contributed by atoms with Crippen molar-refractivity contribution < 1.29 is 4.57 Å². The maximum Gasteiger partial charge on any atom is 0.173 e. The van der Waals surface area contributed by atoms with Crippen molar-refractivity contribution in [2.75, 3.05) is 11.9 Å². The lowest BCUT2D eigenvalue weighted by molar-refractivity contribution is -0.688. The smallest absolute Gasteiger partial charge is 0.173 e. The Labute approximate surface area is 171 Å². The van der Waals surface area contributed by atoms with Crippen LogP contribution < -0.4 is 9.47 Å². The minimum Gasteiger partial charge on any atom is -0.344 e. The molecule has 0 aliphatic heterocycles. The van der Waals surface area contributed by atoms with E-state index in [2.05, 4.69) is 89.6 Å². The zero-order chi connectivity index (χ0) is 19.3. The monoisotopic (exact) mass is 385 g/mol. The number of nitrogens with zero attached hydrogens (tertiary/aromatic N) is 2. The Balaban J connectivity index is 1.45. The van der Waals surface area contributed by atoms with Gasteiger partial charge in [0.15, 0.2) is 18.9 Å². The zero-order valence-corrected chi connectivity index (χ0v) is 16.6. The van der Waals surface area contributed by atoms with Crippen molar-refractivity contribution in [2.24, 2.45) is 0 Å². The van der Waals surface area contributed by atoms with E-state index in [-0.39, 0.29) is 0 Å². The van der Waals surface area contributed by atoms with Crippen molar-refractivity contribution >= 4 is 23.0 Å². The molecule has 0 N–H and O–H groups in total. The van der Waals surface area contributed by atoms with E-state index < -0.39 is 0 Å². The van der Waals surface area contributed by atoms with Crippen LogP contribution in [0.1, 0.15) is 5.56 Å². The van der Waals surface area contributed by atoms with Crippen LogP contribution in [-0.2, 0) is 6.54 Å². The van der Waals surface area contributed by atoms with Crippen LogP contribution in [0.5, 0.6) is 0 Å². The van der Waals surface area contributed by atoms with Gasteiger partial charge in [0.2, 0.25) is 0 Å². The number of benzene rings is 3. The van der Waals surface area contributed by atoms with Crippen molar-refractivity contribution in [3.8, 4) is 11.1 Å². The average Bonchev–Trinajstić information content (AvgIpc) is 2.75. The molecule has 4 aromatic rings. The minimum atomic E-state index is 0.751. The van der Waals surface area contributed by atoms with Gasteiger partial charge >= 0.3 is 0 Å². The van der Waals surface area contributed by atoms with Gasteiger partial charge in [-0.3, -0.25) is 0 Å². The molecule has 0 saturated carbocycles. The molecule has 1 aromatic heterocycles. The molecule has 0 amide bonds. The second-order valence-electron chi connectivity index (χ2n) is 6.83. The third kappa shape index (κ3) is 4.24. The molecular formula is C25H22ClN2+. The van der Waals surface area contributed by atoms with E-state index in [9.17, 15) is 0 Å². The van der Waals surface area contributed by atoms with Crippen LogP contribution in [0.25, 0.3) is 11.1 Å². The number of halogens is 1. The molecule has 1 heterocycles. The normalized spacial score (nSPS) is 10.6. The number of hydrogen-bond donors (Lipinski definition) is 0. The lowest BCUT2D eigenvalue weighted by Gasteiger charge is -2.18. The van der Waals surface area contributed by atoms with Gasteiger partial charge < -0.3 is 4.90 Å². The topological polar surface area (TPSA) is 7.12 Å². The van der Waals surface area contributed by atoms with Gasteiger partial charge in [-0.2, -0.15) is 0 Å². The van der Waals surface area contributed by atoms with E-state index in [1.807, 2.05) is 30.3 Å². The summed E-state index contributed by atoms with van der Waals surface area (Å²) in [6.45, 7) is 0.847. The van der Waals surface area contributed by atoms with Crippen molar-refractivity contribution in [1.29, 1.82) is 0 Å². The van der Waals surface area contributed by atoms with E-state index in [1.54, 1.807) is 0 Å². The summed E-state index contributed by atoms with van der Waals surface area (Å²) in [6, 6.07) is 31.4. The van der Waals surface area contributed by atoms with E-state index in [4.69, 9.17) is 11.6 Å². The summed E-state index contributed by atoms with van der Waals surface area (Å²) in [7, 11) is 2.06. The molecule has 0 bridgehead atoms. The number of aromatic nitrogens is 1. The third-order valence-corrected chi connectivity index (χ3v) is 5.15. The highest BCUT2D eigenvalue weighted by atomic mass is 35.5. The molecular weight excluding hydrogens is 364 g/mol. The van der Waals surface area contributed by atoms with Crippen LogP contribution in [0.3, 0.4) is 0 Å². The first-order valence-electron chi connectivity index (χ1n) is 9.32. The van der Waals surface area contributed by atoms with Gasteiger partial charge in [-0.15, -0.1) is 0 Å². The first-order valence-corrected chi connectivity index (χ1v) is 9.69. The summed E-state index contributed by atoms with van der Waals surface area (Å²) in [5.41, 5.74) is 6.02. The highest BCUT2D eigenvalue weighted by Gasteiger charge is 2.08. The molecule has 0 fully saturated rings. The molecule has 0 unspecified atom stereocenters. The quantitative estimate of drug-likeness (QED) is 0.376. The van der Waals surface area contributed by atoms with Gasteiger partial charge in [0.05, 0.1) is 5.69 Å². The maximum absolute atomic E-state index is 5.98. The Morgan fingerprint density at radius 1 is 0.679 bits per heavy atom. The number of rotatable bonds is 5. The van der Waals surface area contributed by atoms with Gasteiger partial charge in [0, 0.05) is 35.5 Å². The van der Waals surface area contributed by atoms with Gasteiger partial charge in [0.25, 0.3) is 0 Å². The van der Waals surface area contributed by atoms with Crippen molar-refractivity contribution in [3.05, 3.63) is 114 Å². The number of hydrogen-bond acceptors (Lipinski definition) is 1. The second-order valence-corrected chi connectivity index (χ2v) is 7.26. The summed E-state index contributed by atoms with van der Waals surface area (Å²) in [5, 5.41) is 0.751. The van der Waals surface area contributed by atoms with Crippen LogP contribution in [-0.4, -0.2) is 7.05 Å². The van der Waals surface area contributed by atoms with Gasteiger partial charge in [-0.1, -0.05) is 66.2 Å². The summed E-state index contributed by atoms with van der Waals surface area (Å²) in [5.74, 6) is 0. The standard InChI is InChI=1S/C25H22ClN2/c1-27(24-13-11-23(26)12-14-24)25-15-17-28(18-16-25)19-20-7-9-22(10-8-20)21-5-3-2-4-6-21/h2-18H,19H2,1H3/q+1. The molecule has 0 aliphatic rings. The Morgan fingerprint density at radius 2 is 1.25 bits per heavy atom. The zero-order valence-electron chi connectivity index (χ0n) is 15.8. The van der Waals surface area contributed by atoms with Crippen molar-refractivity contribution in [2.45, 2.75) is 6.54 Å². The molecule has 4 rings (SSSR count). The molecule has 138 valence electrons. The fraction of sp³-hybridized carbons (Fsp3) is 0.0800. The first kappa shape index (κ1) is 18.3. The molecule has 3 aromatic carbocycles. The molecule has 3 heteroatoms. The van der Waals surface area contributed by atoms with Gasteiger partial charge in [-0.05, 0) is 35.4 Å². The molecule has 0 radical (unpaired) electrons. The first-order chi connectivity index (χ1) is 13.7. The fourth-order valence-electron chi connectivity index (χ4n) is 3.24. The predicted molar refractivity (Wildman–Crippen MR) is 117 cm³/mol. The van der Waals surface area contributed by atoms with Crippen LogP contribution >= 0.6 is 11.6 Å². The highest BCUT2D eigenvalue weighted by molar-refractivity contribution is 6.30. The number of pyridine rings is 1.